The summed E-state index contributed by atoms with van der Waals surface area (Å²) in [7, 11) is 0. The highest BCUT2D eigenvalue weighted by atomic mass is 32.1. The molecule has 0 saturated carbocycles. The van der Waals surface area contributed by atoms with Crippen molar-refractivity contribution in [3.63, 3.8) is 0 Å². The SMILES string of the molecule is CC(C)CCCNC(=O)NCCc1cccs1. The molecule has 1 rings (SSSR count). The van der Waals surface area contributed by atoms with E-state index in [1.54, 1.807) is 11.3 Å². The maximum absolute atomic E-state index is 11.4. The Morgan fingerprint density at radius 2 is 2.12 bits per heavy atom. The quantitative estimate of drug-likeness (QED) is 0.722. The second-order valence-corrected chi connectivity index (χ2v) is 5.58. The molecule has 0 radical (unpaired) electrons. The minimum atomic E-state index is -0.0506. The van der Waals surface area contributed by atoms with Gasteiger partial charge in [-0.3, -0.25) is 0 Å². The topological polar surface area (TPSA) is 41.1 Å². The first-order valence-corrected chi connectivity index (χ1v) is 7.10. The predicted octanol–water partition coefficient (Wildman–Crippen LogP) is 3.03. The molecular weight excluding hydrogens is 232 g/mol. The van der Waals surface area contributed by atoms with E-state index in [-0.39, 0.29) is 6.03 Å². The Morgan fingerprint density at radius 1 is 1.35 bits per heavy atom. The highest BCUT2D eigenvalue weighted by Gasteiger charge is 2.00. The van der Waals surface area contributed by atoms with E-state index in [0.717, 1.165) is 25.8 Å². The van der Waals surface area contributed by atoms with E-state index in [1.165, 1.54) is 4.88 Å². The molecule has 0 bridgehead atoms. The van der Waals surface area contributed by atoms with Gasteiger partial charge in [0, 0.05) is 18.0 Å². The lowest BCUT2D eigenvalue weighted by Gasteiger charge is -2.08. The van der Waals surface area contributed by atoms with Gasteiger partial charge in [0.1, 0.15) is 0 Å². The van der Waals surface area contributed by atoms with Gasteiger partial charge in [0.15, 0.2) is 0 Å². The Hall–Kier alpha value is -1.03. The number of rotatable bonds is 7. The first kappa shape index (κ1) is 14.0. The second-order valence-electron chi connectivity index (χ2n) is 4.55. The van der Waals surface area contributed by atoms with Crippen molar-refractivity contribution in [3.8, 4) is 0 Å². The number of amides is 2. The zero-order valence-electron chi connectivity index (χ0n) is 10.7. The van der Waals surface area contributed by atoms with Crippen LogP contribution in [0.4, 0.5) is 4.79 Å². The normalized spacial score (nSPS) is 10.5. The average Bonchev–Trinajstić information content (AvgIpc) is 2.77. The Bertz CT molecular complexity index is 309. The second kappa shape index (κ2) is 8.12. The molecule has 1 aromatic heterocycles. The summed E-state index contributed by atoms with van der Waals surface area (Å²) in [5.41, 5.74) is 0. The van der Waals surface area contributed by atoms with Crippen LogP contribution in [0, 0.1) is 5.92 Å². The van der Waals surface area contributed by atoms with Gasteiger partial charge in [-0.1, -0.05) is 19.9 Å². The maximum Gasteiger partial charge on any atom is 0.314 e. The number of urea groups is 1. The first-order valence-electron chi connectivity index (χ1n) is 6.22. The van der Waals surface area contributed by atoms with Crippen molar-refractivity contribution < 1.29 is 4.79 Å². The van der Waals surface area contributed by atoms with Crippen LogP contribution in [-0.2, 0) is 6.42 Å². The Kier molecular flexibility index (Phi) is 6.70. The van der Waals surface area contributed by atoms with E-state index in [2.05, 4.69) is 35.9 Å². The summed E-state index contributed by atoms with van der Waals surface area (Å²) in [5.74, 6) is 0.707. The zero-order chi connectivity index (χ0) is 12.5. The van der Waals surface area contributed by atoms with Gasteiger partial charge in [0.05, 0.1) is 0 Å². The summed E-state index contributed by atoms with van der Waals surface area (Å²) in [4.78, 5) is 12.7. The third-order valence-electron chi connectivity index (χ3n) is 2.48. The molecule has 1 heterocycles. The monoisotopic (exact) mass is 254 g/mol. The van der Waals surface area contributed by atoms with E-state index in [9.17, 15) is 4.79 Å². The minimum absolute atomic E-state index is 0.0506. The summed E-state index contributed by atoms with van der Waals surface area (Å²) in [6.07, 6.45) is 3.13. The van der Waals surface area contributed by atoms with Crippen LogP contribution in [0.1, 0.15) is 31.6 Å². The highest BCUT2D eigenvalue weighted by Crippen LogP contribution is 2.07. The Balaban J connectivity index is 1.98. The smallest absolute Gasteiger partial charge is 0.314 e. The van der Waals surface area contributed by atoms with Crippen LogP contribution in [-0.4, -0.2) is 19.1 Å². The van der Waals surface area contributed by atoms with Crippen molar-refractivity contribution in [1.82, 2.24) is 10.6 Å². The molecule has 2 N–H and O–H groups in total. The summed E-state index contributed by atoms with van der Waals surface area (Å²) in [6, 6.07) is 4.07. The number of hydrogen-bond acceptors (Lipinski definition) is 2. The molecule has 0 fully saturated rings. The molecule has 0 aromatic carbocycles. The molecule has 3 nitrogen and oxygen atoms in total. The third-order valence-corrected chi connectivity index (χ3v) is 3.42. The lowest BCUT2D eigenvalue weighted by molar-refractivity contribution is 0.240. The average molecular weight is 254 g/mol. The van der Waals surface area contributed by atoms with Crippen LogP contribution in [0.25, 0.3) is 0 Å². The van der Waals surface area contributed by atoms with E-state index in [4.69, 9.17) is 0 Å². The van der Waals surface area contributed by atoms with E-state index in [1.807, 2.05) is 6.07 Å². The molecule has 4 heteroatoms. The summed E-state index contributed by atoms with van der Waals surface area (Å²) < 4.78 is 0. The van der Waals surface area contributed by atoms with Crippen molar-refractivity contribution in [2.45, 2.75) is 33.1 Å². The van der Waals surface area contributed by atoms with Crippen LogP contribution in [0.3, 0.4) is 0 Å². The minimum Gasteiger partial charge on any atom is -0.338 e. The van der Waals surface area contributed by atoms with Gasteiger partial charge in [-0.05, 0) is 36.6 Å². The Labute approximate surface area is 108 Å². The van der Waals surface area contributed by atoms with Gasteiger partial charge in [-0.2, -0.15) is 0 Å². The standard InChI is InChI=1S/C13H22N2OS/c1-11(2)5-3-8-14-13(16)15-9-7-12-6-4-10-17-12/h4,6,10-11H,3,5,7-9H2,1-2H3,(H2,14,15,16). The molecule has 0 unspecified atom stereocenters. The first-order chi connectivity index (χ1) is 8.18. The molecular formula is C13H22N2OS. The lowest BCUT2D eigenvalue weighted by atomic mass is 10.1. The van der Waals surface area contributed by atoms with Crippen LogP contribution < -0.4 is 10.6 Å². The summed E-state index contributed by atoms with van der Waals surface area (Å²) in [5, 5.41) is 7.79. The fraction of sp³-hybridized carbons (Fsp3) is 0.615. The lowest BCUT2D eigenvalue weighted by Crippen LogP contribution is -2.37. The molecule has 0 spiro atoms. The van der Waals surface area contributed by atoms with Crippen molar-refractivity contribution in [3.05, 3.63) is 22.4 Å². The van der Waals surface area contributed by atoms with E-state index in [0.29, 0.717) is 12.5 Å². The number of nitrogens with one attached hydrogen (secondary N) is 2. The molecule has 96 valence electrons. The summed E-state index contributed by atoms with van der Waals surface area (Å²) in [6.45, 7) is 5.86. The van der Waals surface area contributed by atoms with Crippen LogP contribution >= 0.6 is 11.3 Å². The van der Waals surface area contributed by atoms with E-state index >= 15 is 0 Å². The van der Waals surface area contributed by atoms with Gasteiger partial charge in [-0.15, -0.1) is 11.3 Å². The number of carbonyl (C=O) groups is 1. The predicted molar refractivity (Wildman–Crippen MR) is 73.5 cm³/mol. The van der Waals surface area contributed by atoms with Crippen LogP contribution in [0.5, 0.6) is 0 Å². The number of carbonyl (C=O) groups excluding carboxylic acids is 1. The van der Waals surface area contributed by atoms with E-state index < -0.39 is 0 Å². The molecule has 0 aliphatic rings. The molecule has 0 aliphatic carbocycles. The van der Waals surface area contributed by atoms with Crippen LogP contribution in [0.15, 0.2) is 17.5 Å². The van der Waals surface area contributed by atoms with Crippen molar-refractivity contribution in [2.75, 3.05) is 13.1 Å². The van der Waals surface area contributed by atoms with Gasteiger partial charge in [0.2, 0.25) is 0 Å². The Morgan fingerprint density at radius 3 is 2.76 bits per heavy atom. The van der Waals surface area contributed by atoms with Crippen molar-refractivity contribution >= 4 is 17.4 Å². The van der Waals surface area contributed by atoms with Crippen molar-refractivity contribution in [2.24, 2.45) is 5.92 Å². The zero-order valence-corrected chi connectivity index (χ0v) is 11.5. The fourth-order valence-electron chi connectivity index (χ4n) is 1.53. The molecule has 1 aromatic rings. The number of thiophene rings is 1. The largest absolute Gasteiger partial charge is 0.338 e. The highest BCUT2D eigenvalue weighted by molar-refractivity contribution is 7.09. The van der Waals surface area contributed by atoms with Crippen molar-refractivity contribution in [1.29, 1.82) is 0 Å². The molecule has 2 amide bonds. The third kappa shape index (κ3) is 7.00. The molecule has 0 atom stereocenters. The maximum atomic E-state index is 11.4. The van der Waals surface area contributed by atoms with Gasteiger partial charge < -0.3 is 10.6 Å². The van der Waals surface area contributed by atoms with Gasteiger partial charge in [0.25, 0.3) is 0 Å². The van der Waals surface area contributed by atoms with Crippen LogP contribution in [0.2, 0.25) is 0 Å². The number of hydrogen-bond donors (Lipinski definition) is 2. The van der Waals surface area contributed by atoms with Gasteiger partial charge in [-0.25, -0.2) is 4.79 Å². The molecule has 17 heavy (non-hydrogen) atoms. The van der Waals surface area contributed by atoms with Gasteiger partial charge >= 0.3 is 6.03 Å². The fourth-order valence-corrected chi connectivity index (χ4v) is 2.24. The molecule has 0 saturated heterocycles. The summed E-state index contributed by atoms with van der Waals surface area (Å²) >= 11 is 1.73. The molecule has 0 aliphatic heterocycles.